The van der Waals surface area contributed by atoms with Crippen LogP contribution in [0.4, 0.5) is 0 Å². The van der Waals surface area contributed by atoms with Crippen molar-refractivity contribution in [2.75, 3.05) is 0 Å². The summed E-state index contributed by atoms with van der Waals surface area (Å²) in [6.45, 7) is 0. The van der Waals surface area contributed by atoms with Gasteiger partial charge in [-0.1, -0.05) is 60.7 Å². The molecule has 0 aliphatic heterocycles. The van der Waals surface area contributed by atoms with Crippen molar-refractivity contribution in [1.82, 2.24) is 0 Å². The number of rotatable bonds is 3. The molecule has 2 aromatic rings. The molecule has 0 unspecified atom stereocenters. The number of fused-ring (bicyclic) bond motifs is 2. The van der Waals surface area contributed by atoms with Crippen LogP contribution in [-0.2, 0) is 0 Å². The molecule has 4 rings (SSSR count). The third-order valence-electron chi connectivity index (χ3n) is 5.61. The fourth-order valence-corrected chi connectivity index (χ4v) is 4.80. The zero-order chi connectivity index (χ0) is 13.4. The van der Waals surface area contributed by atoms with Crippen LogP contribution in [0.15, 0.2) is 60.7 Å². The molecule has 0 heterocycles. The van der Waals surface area contributed by atoms with Crippen molar-refractivity contribution >= 4 is 0 Å². The lowest BCUT2D eigenvalue weighted by molar-refractivity contribution is 0.361. The molecule has 0 saturated heterocycles. The molecule has 0 spiro atoms. The van der Waals surface area contributed by atoms with Crippen molar-refractivity contribution in [3.05, 3.63) is 71.8 Å². The highest BCUT2D eigenvalue weighted by Crippen LogP contribution is 2.56. The minimum Gasteiger partial charge on any atom is -0.0622 e. The molecule has 2 aromatic carbocycles. The average Bonchev–Trinajstić information content (AvgIpc) is 3.10. The van der Waals surface area contributed by atoms with Crippen LogP contribution in [0.25, 0.3) is 0 Å². The highest BCUT2D eigenvalue weighted by Gasteiger charge is 2.46. The van der Waals surface area contributed by atoms with E-state index in [2.05, 4.69) is 60.7 Å². The molecule has 2 bridgehead atoms. The normalized spacial score (nSPS) is 28.1. The first-order valence-corrected chi connectivity index (χ1v) is 8.03. The fourth-order valence-electron chi connectivity index (χ4n) is 4.80. The van der Waals surface area contributed by atoms with Gasteiger partial charge in [0.2, 0.25) is 0 Å². The molecular formula is C20H22. The highest BCUT2D eigenvalue weighted by atomic mass is 14.5. The minimum atomic E-state index is 0.609. The summed E-state index contributed by atoms with van der Waals surface area (Å²) in [5.74, 6) is 3.41. The van der Waals surface area contributed by atoms with Gasteiger partial charge in [0.15, 0.2) is 0 Å². The number of benzene rings is 2. The van der Waals surface area contributed by atoms with E-state index in [0.717, 1.165) is 17.8 Å². The summed E-state index contributed by atoms with van der Waals surface area (Å²) < 4.78 is 0. The molecule has 0 heteroatoms. The minimum absolute atomic E-state index is 0.609. The summed E-state index contributed by atoms with van der Waals surface area (Å²) in [6.07, 6.45) is 5.86. The molecule has 0 aromatic heterocycles. The molecule has 102 valence electrons. The smallest absolute Gasteiger partial charge is 0.0123 e. The second-order valence-electron chi connectivity index (χ2n) is 6.55. The summed E-state index contributed by atoms with van der Waals surface area (Å²) in [7, 11) is 0. The van der Waals surface area contributed by atoms with Gasteiger partial charge in [-0.15, -0.1) is 0 Å². The van der Waals surface area contributed by atoms with Crippen molar-refractivity contribution in [3.8, 4) is 0 Å². The van der Waals surface area contributed by atoms with Gasteiger partial charge in [-0.25, -0.2) is 0 Å². The summed E-state index contributed by atoms with van der Waals surface area (Å²) >= 11 is 0. The Kier molecular flexibility index (Phi) is 3.10. The monoisotopic (exact) mass is 262 g/mol. The van der Waals surface area contributed by atoms with E-state index < -0.39 is 0 Å². The molecule has 2 saturated carbocycles. The number of hydrogen-bond acceptors (Lipinski definition) is 0. The topological polar surface area (TPSA) is 0 Å². The Bertz CT molecular complexity index is 498. The van der Waals surface area contributed by atoms with Crippen molar-refractivity contribution < 1.29 is 0 Å². The van der Waals surface area contributed by atoms with Gasteiger partial charge >= 0.3 is 0 Å². The molecule has 2 fully saturated rings. The van der Waals surface area contributed by atoms with E-state index in [9.17, 15) is 0 Å². The Morgan fingerprint density at radius 1 is 0.600 bits per heavy atom. The summed E-state index contributed by atoms with van der Waals surface area (Å²) in [4.78, 5) is 0. The maximum atomic E-state index is 2.33. The van der Waals surface area contributed by atoms with E-state index in [1.165, 1.54) is 36.8 Å². The van der Waals surface area contributed by atoms with Gasteiger partial charge in [0.1, 0.15) is 0 Å². The Balaban J connectivity index is 1.78. The van der Waals surface area contributed by atoms with E-state index >= 15 is 0 Å². The van der Waals surface area contributed by atoms with Gasteiger partial charge in [0, 0.05) is 5.92 Å². The van der Waals surface area contributed by atoms with Gasteiger partial charge < -0.3 is 0 Å². The van der Waals surface area contributed by atoms with Crippen molar-refractivity contribution in [3.63, 3.8) is 0 Å². The van der Waals surface area contributed by atoms with Crippen LogP contribution in [-0.4, -0.2) is 0 Å². The molecule has 2 aliphatic carbocycles. The third kappa shape index (κ3) is 1.98. The van der Waals surface area contributed by atoms with E-state index in [4.69, 9.17) is 0 Å². The van der Waals surface area contributed by atoms with Crippen molar-refractivity contribution in [2.45, 2.75) is 31.6 Å². The van der Waals surface area contributed by atoms with Crippen LogP contribution < -0.4 is 0 Å². The molecule has 2 aliphatic rings. The second-order valence-corrected chi connectivity index (χ2v) is 6.55. The summed E-state index contributed by atoms with van der Waals surface area (Å²) in [5, 5.41) is 0. The summed E-state index contributed by atoms with van der Waals surface area (Å²) in [6, 6.07) is 22.4. The van der Waals surface area contributed by atoms with Gasteiger partial charge in [-0.2, -0.15) is 0 Å². The first-order valence-electron chi connectivity index (χ1n) is 8.03. The van der Waals surface area contributed by atoms with Crippen molar-refractivity contribution in [2.24, 2.45) is 17.8 Å². The maximum Gasteiger partial charge on any atom is 0.0123 e. The Morgan fingerprint density at radius 3 is 1.40 bits per heavy atom. The lowest BCUT2D eigenvalue weighted by Crippen LogP contribution is -2.18. The zero-order valence-electron chi connectivity index (χ0n) is 11.9. The van der Waals surface area contributed by atoms with Crippen LogP contribution in [0.2, 0.25) is 0 Å². The van der Waals surface area contributed by atoms with Gasteiger partial charge in [-0.3, -0.25) is 0 Å². The summed E-state index contributed by atoms with van der Waals surface area (Å²) in [5.41, 5.74) is 3.03. The predicted molar refractivity (Wildman–Crippen MR) is 83.7 cm³/mol. The Hall–Kier alpha value is -1.56. The standard InChI is InChI=1S/C20H22/c1-3-7-15(8-4-1)19(16-9-5-2-6-10-16)20-17-11-12-18(20)14-13-17/h1-10,17-20H,11-14H2. The van der Waals surface area contributed by atoms with Crippen molar-refractivity contribution in [1.29, 1.82) is 0 Å². The van der Waals surface area contributed by atoms with Crippen LogP contribution in [0.5, 0.6) is 0 Å². The van der Waals surface area contributed by atoms with Gasteiger partial charge in [0.05, 0.1) is 0 Å². The lowest BCUT2D eigenvalue weighted by Gasteiger charge is -2.28. The Labute approximate surface area is 121 Å². The van der Waals surface area contributed by atoms with Crippen LogP contribution in [0.1, 0.15) is 42.7 Å². The fraction of sp³-hybridized carbons (Fsp3) is 0.400. The Morgan fingerprint density at radius 2 is 1.00 bits per heavy atom. The SMILES string of the molecule is c1ccc(C(c2ccccc2)C2C3CCC2CC3)cc1. The van der Waals surface area contributed by atoms with E-state index in [0.29, 0.717) is 5.92 Å². The van der Waals surface area contributed by atoms with E-state index in [-0.39, 0.29) is 0 Å². The molecular weight excluding hydrogens is 240 g/mol. The molecule has 20 heavy (non-hydrogen) atoms. The van der Waals surface area contributed by atoms with Crippen LogP contribution >= 0.6 is 0 Å². The average molecular weight is 262 g/mol. The van der Waals surface area contributed by atoms with Crippen LogP contribution in [0, 0.1) is 17.8 Å². The van der Waals surface area contributed by atoms with E-state index in [1.54, 1.807) is 0 Å². The lowest BCUT2D eigenvalue weighted by atomic mass is 9.75. The maximum absolute atomic E-state index is 2.33. The van der Waals surface area contributed by atoms with Crippen LogP contribution in [0.3, 0.4) is 0 Å². The number of hydrogen-bond donors (Lipinski definition) is 0. The largest absolute Gasteiger partial charge is 0.0622 e. The zero-order valence-corrected chi connectivity index (χ0v) is 11.9. The molecule has 0 N–H and O–H groups in total. The highest BCUT2D eigenvalue weighted by molar-refractivity contribution is 5.34. The second kappa shape index (κ2) is 5.09. The van der Waals surface area contributed by atoms with Gasteiger partial charge in [-0.05, 0) is 54.6 Å². The first kappa shape index (κ1) is 12.2. The molecule has 0 amide bonds. The predicted octanol–water partition coefficient (Wildman–Crippen LogP) is 5.25. The van der Waals surface area contributed by atoms with Gasteiger partial charge in [0.25, 0.3) is 0 Å². The quantitative estimate of drug-likeness (QED) is 0.708. The van der Waals surface area contributed by atoms with E-state index in [1.807, 2.05) is 0 Å². The molecule has 0 nitrogen and oxygen atoms in total. The molecule has 0 radical (unpaired) electrons. The first-order chi connectivity index (χ1) is 9.93. The third-order valence-corrected chi connectivity index (χ3v) is 5.61. The molecule has 0 atom stereocenters.